The number of alkyl halides is 2. The van der Waals surface area contributed by atoms with Gasteiger partial charge in [-0.15, -0.1) is 11.3 Å². The van der Waals surface area contributed by atoms with Gasteiger partial charge in [0.25, 0.3) is 0 Å². The van der Waals surface area contributed by atoms with E-state index < -0.39 is 12.7 Å². The lowest BCUT2D eigenvalue weighted by Crippen LogP contribution is -2.39. The first-order valence-electron chi connectivity index (χ1n) is 7.97. The summed E-state index contributed by atoms with van der Waals surface area (Å²) in [4.78, 5) is 5.15. The first kappa shape index (κ1) is 20.4. The fourth-order valence-corrected chi connectivity index (χ4v) is 3.18. The summed E-state index contributed by atoms with van der Waals surface area (Å²) in [7, 11) is 0. The number of hydrogen-bond donors (Lipinski definition) is 3. The van der Waals surface area contributed by atoms with Crippen molar-refractivity contribution in [2.24, 2.45) is 4.99 Å². The molecule has 0 saturated carbocycles. The second kappa shape index (κ2) is 10.3. The fraction of sp³-hybridized carbons (Fsp3) is 0.353. The van der Waals surface area contributed by atoms with Gasteiger partial charge in [0.15, 0.2) is 5.96 Å². The Kier molecular flexibility index (Phi) is 8.08. The quantitative estimate of drug-likeness (QED) is 0.463. The Morgan fingerprint density at radius 3 is 2.77 bits per heavy atom. The SMILES string of the molecule is CCNC(=NCc1cccc(OC(F)F)c1)NCC(O)c1ccc(Cl)s1. The third-order valence-electron chi connectivity index (χ3n) is 3.27. The van der Waals surface area contributed by atoms with Crippen molar-refractivity contribution in [2.75, 3.05) is 13.1 Å². The normalized spacial score (nSPS) is 12.9. The zero-order chi connectivity index (χ0) is 18.9. The van der Waals surface area contributed by atoms with E-state index in [0.717, 1.165) is 10.4 Å². The van der Waals surface area contributed by atoms with E-state index in [2.05, 4.69) is 20.4 Å². The highest BCUT2D eigenvalue weighted by Crippen LogP contribution is 2.26. The molecule has 0 fully saturated rings. The lowest BCUT2D eigenvalue weighted by molar-refractivity contribution is -0.0498. The van der Waals surface area contributed by atoms with Gasteiger partial charge in [-0.25, -0.2) is 4.99 Å². The minimum atomic E-state index is -2.86. The van der Waals surface area contributed by atoms with Gasteiger partial charge < -0.3 is 20.5 Å². The van der Waals surface area contributed by atoms with Crippen molar-refractivity contribution in [1.29, 1.82) is 0 Å². The highest BCUT2D eigenvalue weighted by atomic mass is 35.5. The molecule has 0 spiro atoms. The molecule has 0 bridgehead atoms. The summed E-state index contributed by atoms with van der Waals surface area (Å²) < 4.78 is 29.6. The molecule has 9 heteroatoms. The average Bonchev–Trinajstić information content (AvgIpc) is 3.03. The Balaban J connectivity index is 1.95. The Morgan fingerprint density at radius 1 is 1.31 bits per heavy atom. The fourth-order valence-electron chi connectivity index (χ4n) is 2.13. The average molecular weight is 404 g/mol. The van der Waals surface area contributed by atoms with E-state index in [0.29, 0.717) is 16.8 Å². The zero-order valence-corrected chi connectivity index (χ0v) is 15.7. The number of thiophene rings is 1. The van der Waals surface area contributed by atoms with Crippen LogP contribution < -0.4 is 15.4 Å². The van der Waals surface area contributed by atoms with Gasteiger partial charge in [0.1, 0.15) is 11.9 Å². The summed E-state index contributed by atoms with van der Waals surface area (Å²) in [5.41, 5.74) is 0.728. The molecule has 0 aliphatic carbocycles. The molecule has 2 rings (SSSR count). The van der Waals surface area contributed by atoms with Crippen LogP contribution in [0.1, 0.15) is 23.5 Å². The molecule has 0 aliphatic rings. The molecule has 1 heterocycles. The molecule has 26 heavy (non-hydrogen) atoms. The molecule has 1 aromatic heterocycles. The van der Waals surface area contributed by atoms with Crippen molar-refractivity contribution in [3.8, 4) is 5.75 Å². The minimum absolute atomic E-state index is 0.0932. The smallest absolute Gasteiger partial charge is 0.387 e. The molecule has 1 aromatic carbocycles. The second-order valence-corrected chi connectivity index (χ2v) is 7.01. The Bertz CT molecular complexity index is 728. The number of aliphatic imine (C=N–C) groups is 1. The van der Waals surface area contributed by atoms with E-state index in [1.807, 2.05) is 6.92 Å². The van der Waals surface area contributed by atoms with Crippen molar-refractivity contribution >= 4 is 28.9 Å². The van der Waals surface area contributed by atoms with Gasteiger partial charge in [-0.1, -0.05) is 23.7 Å². The predicted molar refractivity (Wildman–Crippen MR) is 100 cm³/mol. The predicted octanol–water partition coefficient (Wildman–Crippen LogP) is 3.79. The van der Waals surface area contributed by atoms with E-state index in [1.54, 1.807) is 24.3 Å². The zero-order valence-electron chi connectivity index (χ0n) is 14.1. The van der Waals surface area contributed by atoms with Gasteiger partial charge in [-0.3, -0.25) is 0 Å². The maximum absolute atomic E-state index is 12.3. The maximum Gasteiger partial charge on any atom is 0.387 e. The number of guanidine groups is 1. The molecule has 142 valence electrons. The van der Waals surface area contributed by atoms with Crippen LogP contribution in [0.5, 0.6) is 5.75 Å². The van der Waals surface area contributed by atoms with Crippen molar-refractivity contribution in [3.63, 3.8) is 0 Å². The Morgan fingerprint density at radius 2 is 2.12 bits per heavy atom. The highest BCUT2D eigenvalue weighted by molar-refractivity contribution is 7.16. The number of aliphatic hydroxyl groups is 1. The molecule has 3 N–H and O–H groups in total. The standard InChI is InChI=1S/C17H20ClF2N3O2S/c1-2-21-17(23-10-13(24)14-6-7-15(18)26-14)22-9-11-4-3-5-12(8-11)25-16(19)20/h3-8,13,16,24H,2,9-10H2,1H3,(H2,21,22,23). The van der Waals surface area contributed by atoms with Gasteiger partial charge in [-0.2, -0.15) is 8.78 Å². The van der Waals surface area contributed by atoms with Crippen LogP contribution in [0.25, 0.3) is 0 Å². The van der Waals surface area contributed by atoms with Crippen molar-refractivity contribution < 1.29 is 18.6 Å². The number of nitrogens with one attached hydrogen (secondary N) is 2. The van der Waals surface area contributed by atoms with Gasteiger partial charge in [0, 0.05) is 18.0 Å². The molecule has 0 saturated heterocycles. The van der Waals surface area contributed by atoms with Gasteiger partial charge >= 0.3 is 6.61 Å². The van der Waals surface area contributed by atoms with E-state index in [4.69, 9.17) is 11.6 Å². The van der Waals surface area contributed by atoms with Crippen molar-refractivity contribution in [3.05, 3.63) is 51.2 Å². The number of aliphatic hydroxyl groups excluding tert-OH is 1. The minimum Gasteiger partial charge on any atom is -0.435 e. The number of ether oxygens (including phenoxy) is 1. The van der Waals surface area contributed by atoms with E-state index in [1.165, 1.54) is 23.5 Å². The number of halogens is 3. The summed E-state index contributed by atoms with van der Waals surface area (Å²) in [5.74, 6) is 0.602. The number of nitrogens with zero attached hydrogens (tertiary/aromatic N) is 1. The largest absolute Gasteiger partial charge is 0.435 e. The molecule has 0 radical (unpaired) electrons. The summed E-state index contributed by atoms with van der Waals surface area (Å²) in [6.07, 6.45) is -0.709. The second-order valence-electron chi connectivity index (χ2n) is 5.26. The lowest BCUT2D eigenvalue weighted by atomic mass is 10.2. The van der Waals surface area contributed by atoms with Crippen LogP contribution in [0, 0.1) is 0 Å². The lowest BCUT2D eigenvalue weighted by Gasteiger charge is -2.14. The summed E-state index contributed by atoms with van der Waals surface area (Å²) in [5, 5.41) is 16.3. The van der Waals surface area contributed by atoms with Crippen LogP contribution >= 0.6 is 22.9 Å². The monoisotopic (exact) mass is 403 g/mol. The van der Waals surface area contributed by atoms with E-state index >= 15 is 0 Å². The molecule has 2 aromatic rings. The molecular weight excluding hydrogens is 384 g/mol. The first-order chi connectivity index (χ1) is 12.5. The topological polar surface area (TPSA) is 65.9 Å². The van der Waals surface area contributed by atoms with Gasteiger partial charge in [0.2, 0.25) is 0 Å². The third kappa shape index (κ3) is 6.78. The van der Waals surface area contributed by atoms with Crippen LogP contribution in [0.3, 0.4) is 0 Å². The first-order valence-corrected chi connectivity index (χ1v) is 9.16. The van der Waals surface area contributed by atoms with Crippen LogP contribution in [0.2, 0.25) is 4.34 Å². The van der Waals surface area contributed by atoms with Crippen LogP contribution in [0.15, 0.2) is 41.4 Å². The molecule has 5 nitrogen and oxygen atoms in total. The number of benzene rings is 1. The Labute approximate surface area is 159 Å². The van der Waals surface area contributed by atoms with E-state index in [-0.39, 0.29) is 18.8 Å². The van der Waals surface area contributed by atoms with Crippen LogP contribution in [-0.4, -0.2) is 30.8 Å². The summed E-state index contributed by atoms with van der Waals surface area (Å²) in [6.45, 7) is 0.235. The van der Waals surface area contributed by atoms with Gasteiger partial charge in [0.05, 0.1) is 10.9 Å². The third-order valence-corrected chi connectivity index (χ3v) is 4.61. The highest BCUT2D eigenvalue weighted by Gasteiger charge is 2.11. The van der Waals surface area contributed by atoms with Crippen molar-refractivity contribution in [1.82, 2.24) is 10.6 Å². The molecule has 1 unspecified atom stereocenters. The van der Waals surface area contributed by atoms with E-state index in [9.17, 15) is 13.9 Å². The molecule has 0 aliphatic heterocycles. The van der Waals surface area contributed by atoms with Gasteiger partial charge in [-0.05, 0) is 36.8 Å². The number of rotatable bonds is 8. The van der Waals surface area contributed by atoms with Crippen LogP contribution in [-0.2, 0) is 6.54 Å². The molecule has 1 atom stereocenters. The maximum atomic E-state index is 12.3. The van der Waals surface area contributed by atoms with Crippen LogP contribution in [0.4, 0.5) is 8.78 Å². The number of hydrogen-bond acceptors (Lipinski definition) is 4. The molecule has 0 amide bonds. The summed E-state index contributed by atoms with van der Waals surface area (Å²) >= 11 is 7.19. The molecular formula is C17H20ClF2N3O2S. The van der Waals surface area contributed by atoms with Crippen molar-refractivity contribution in [2.45, 2.75) is 26.2 Å². The summed E-state index contributed by atoms with van der Waals surface area (Å²) in [6, 6.07) is 9.89. The Hall–Kier alpha value is -1.90.